The van der Waals surface area contributed by atoms with Crippen molar-refractivity contribution in [2.45, 2.75) is 18.9 Å². The van der Waals surface area contributed by atoms with Crippen LogP contribution in [0.15, 0.2) is 85.1 Å². The minimum atomic E-state index is -0.319. The van der Waals surface area contributed by atoms with Crippen LogP contribution in [0.5, 0.6) is 0 Å². The summed E-state index contributed by atoms with van der Waals surface area (Å²) in [5.74, 6) is 0.294. The van der Waals surface area contributed by atoms with Gasteiger partial charge in [0.1, 0.15) is 11.6 Å². The molecule has 2 aliphatic rings. The molecule has 32 heavy (non-hydrogen) atoms. The summed E-state index contributed by atoms with van der Waals surface area (Å²) in [6.45, 7) is 0. The van der Waals surface area contributed by atoms with Crippen LogP contribution in [0.2, 0.25) is 0 Å². The number of rotatable bonds is 2. The third-order valence-electron chi connectivity index (χ3n) is 5.93. The van der Waals surface area contributed by atoms with Gasteiger partial charge in [0.05, 0.1) is 16.3 Å². The fraction of sp³-hybridized carbons (Fsp3) is 0.120. The highest BCUT2D eigenvalue weighted by Gasteiger charge is 2.32. The molecular formula is C25H16BrFN2O2S. The number of halogens is 2. The first-order chi connectivity index (χ1) is 15.6. The Morgan fingerprint density at radius 1 is 1.09 bits per heavy atom. The Morgan fingerprint density at radius 3 is 2.69 bits per heavy atom. The summed E-state index contributed by atoms with van der Waals surface area (Å²) < 4.78 is 22.2. The lowest BCUT2D eigenvalue weighted by atomic mass is 9.83. The van der Waals surface area contributed by atoms with Gasteiger partial charge in [-0.05, 0) is 69.7 Å². The molecule has 4 nitrogen and oxygen atoms in total. The van der Waals surface area contributed by atoms with Crippen LogP contribution in [-0.2, 0) is 6.42 Å². The van der Waals surface area contributed by atoms with Crippen LogP contribution in [0.4, 0.5) is 4.39 Å². The standard InChI is InChI=1S/C25H16BrFN2O2S/c26-21-12-10-17(31-21)13-20-24(30)29-23(15-5-8-16(27)9-6-15)19-11-7-14-3-1-2-4-18(14)22(19)28-25(29)32-20/h1-6,8-10,12-13,23H,7,11H2/b20-13-/t23-/m0/s1. The molecule has 0 bridgehead atoms. The zero-order chi connectivity index (χ0) is 21.8. The van der Waals surface area contributed by atoms with Gasteiger partial charge in [-0.25, -0.2) is 9.38 Å². The number of fused-ring (bicyclic) bond motifs is 3. The maximum atomic E-state index is 13.7. The number of nitrogens with zero attached hydrogens (tertiary/aromatic N) is 2. The van der Waals surface area contributed by atoms with Gasteiger partial charge >= 0.3 is 0 Å². The molecule has 0 fully saturated rings. The second-order valence-corrected chi connectivity index (χ2v) is 9.60. The second kappa shape index (κ2) is 7.53. The summed E-state index contributed by atoms with van der Waals surface area (Å²) in [7, 11) is 0. The topological polar surface area (TPSA) is 47.5 Å². The Hall–Kier alpha value is -3.03. The van der Waals surface area contributed by atoms with E-state index in [1.165, 1.54) is 29.0 Å². The van der Waals surface area contributed by atoms with Crippen molar-refractivity contribution in [3.63, 3.8) is 0 Å². The number of allylic oxidation sites excluding steroid dienone is 1. The molecule has 0 amide bonds. The second-order valence-electron chi connectivity index (χ2n) is 7.81. The first-order valence-electron chi connectivity index (χ1n) is 10.2. The van der Waals surface area contributed by atoms with Crippen LogP contribution in [0.25, 0.3) is 11.8 Å². The summed E-state index contributed by atoms with van der Waals surface area (Å²) in [6.07, 6.45) is 3.42. The van der Waals surface area contributed by atoms with Crippen molar-refractivity contribution in [1.82, 2.24) is 4.57 Å². The number of aromatic nitrogens is 1. The van der Waals surface area contributed by atoms with Crippen LogP contribution >= 0.6 is 27.3 Å². The van der Waals surface area contributed by atoms with Gasteiger partial charge in [0.15, 0.2) is 9.47 Å². The van der Waals surface area contributed by atoms with Gasteiger partial charge in [0.2, 0.25) is 0 Å². The van der Waals surface area contributed by atoms with Crippen molar-refractivity contribution in [3.8, 4) is 0 Å². The smallest absolute Gasteiger partial charge is 0.271 e. The number of aryl methyl sites for hydroxylation is 1. The van der Waals surface area contributed by atoms with E-state index >= 15 is 0 Å². The molecule has 0 saturated heterocycles. The van der Waals surface area contributed by atoms with Gasteiger partial charge in [-0.3, -0.25) is 9.36 Å². The van der Waals surface area contributed by atoms with Gasteiger partial charge in [0.25, 0.3) is 5.56 Å². The molecule has 0 spiro atoms. The van der Waals surface area contributed by atoms with Crippen LogP contribution in [0, 0.1) is 5.82 Å². The molecule has 3 heterocycles. The highest BCUT2D eigenvalue weighted by atomic mass is 79.9. The normalized spacial score (nSPS) is 17.6. The van der Waals surface area contributed by atoms with Crippen LogP contribution in [-0.4, -0.2) is 4.57 Å². The van der Waals surface area contributed by atoms with E-state index in [0.29, 0.717) is 19.8 Å². The zero-order valence-corrected chi connectivity index (χ0v) is 19.1. The van der Waals surface area contributed by atoms with Crippen molar-refractivity contribution < 1.29 is 8.81 Å². The molecule has 2 aromatic heterocycles. The molecule has 1 atom stereocenters. The minimum absolute atomic E-state index is 0.124. The van der Waals surface area contributed by atoms with Crippen molar-refractivity contribution >= 4 is 39.0 Å². The van der Waals surface area contributed by atoms with E-state index in [9.17, 15) is 9.18 Å². The van der Waals surface area contributed by atoms with Crippen LogP contribution in [0.3, 0.4) is 0 Å². The first-order valence-corrected chi connectivity index (χ1v) is 11.8. The summed E-state index contributed by atoms with van der Waals surface area (Å²) in [5.41, 5.74) is 5.13. The summed E-state index contributed by atoms with van der Waals surface area (Å²) in [4.78, 5) is 19.1. The molecule has 7 heteroatoms. The fourth-order valence-corrected chi connectivity index (χ4v) is 5.80. The SMILES string of the molecule is O=c1/c(=C/c2ccc(Br)o2)sc2n1[C@@H](c1ccc(F)cc1)C1=C(N=2)c2ccccc2CC1. The fourth-order valence-electron chi connectivity index (χ4n) is 4.50. The molecular weight excluding hydrogens is 491 g/mol. The molecule has 1 aliphatic heterocycles. The Bertz CT molecular complexity index is 1580. The highest BCUT2D eigenvalue weighted by Crippen LogP contribution is 2.41. The third-order valence-corrected chi connectivity index (χ3v) is 7.34. The van der Waals surface area contributed by atoms with Crippen LogP contribution in [0.1, 0.15) is 34.9 Å². The van der Waals surface area contributed by atoms with Gasteiger partial charge in [0, 0.05) is 11.6 Å². The molecule has 0 unspecified atom stereocenters. The van der Waals surface area contributed by atoms with Crippen molar-refractivity contribution in [2.75, 3.05) is 0 Å². The number of hydrogen-bond acceptors (Lipinski definition) is 4. The summed E-state index contributed by atoms with van der Waals surface area (Å²) >= 11 is 4.64. The molecule has 2 aromatic carbocycles. The third kappa shape index (κ3) is 3.15. The lowest BCUT2D eigenvalue weighted by Crippen LogP contribution is -2.38. The van der Waals surface area contributed by atoms with E-state index in [1.54, 1.807) is 34.9 Å². The van der Waals surface area contributed by atoms with E-state index in [4.69, 9.17) is 9.41 Å². The lowest BCUT2D eigenvalue weighted by Gasteiger charge is -2.30. The Balaban J connectivity index is 1.64. The first kappa shape index (κ1) is 19.6. The van der Waals surface area contributed by atoms with Gasteiger partial charge in [-0.2, -0.15) is 0 Å². The van der Waals surface area contributed by atoms with Gasteiger partial charge in [-0.15, -0.1) is 0 Å². The maximum absolute atomic E-state index is 13.7. The van der Waals surface area contributed by atoms with E-state index in [1.807, 2.05) is 12.1 Å². The largest absolute Gasteiger partial charge is 0.450 e. The molecule has 6 rings (SSSR count). The van der Waals surface area contributed by atoms with Gasteiger partial charge < -0.3 is 4.42 Å². The van der Waals surface area contributed by atoms with E-state index in [2.05, 4.69) is 28.1 Å². The zero-order valence-electron chi connectivity index (χ0n) is 16.7. The number of hydrogen-bond donors (Lipinski definition) is 0. The van der Waals surface area contributed by atoms with Crippen LogP contribution < -0.4 is 14.9 Å². The average Bonchev–Trinajstić information content (AvgIpc) is 3.35. The number of furan rings is 1. The predicted octanol–water partition coefficient (Wildman–Crippen LogP) is 4.81. The molecule has 0 saturated carbocycles. The van der Waals surface area contributed by atoms with Crippen molar-refractivity contribution in [3.05, 3.63) is 119 Å². The van der Waals surface area contributed by atoms with E-state index in [-0.39, 0.29) is 17.4 Å². The lowest BCUT2D eigenvalue weighted by molar-refractivity contribution is 0.531. The maximum Gasteiger partial charge on any atom is 0.271 e. The van der Waals surface area contributed by atoms with E-state index in [0.717, 1.165) is 35.2 Å². The van der Waals surface area contributed by atoms with Crippen molar-refractivity contribution in [1.29, 1.82) is 0 Å². The molecule has 158 valence electrons. The molecule has 0 N–H and O–H groups in total. The molecule has 1 aliphatic carbocycles. The predicted molar refractivity (Wildman–Crippen MR) is 126 cm³/mol. The number of thiazole rings is 1. The van der Waals surface area contributed by atoms with Crippen molar-refractivity contribution in [2.24, 2.45) is 4.99 Å². The molecule has 4 aromatic rings. The quantitative estimate of drug-likeness (QED) is 0.391. The minimum Gasteiger partial charge on any atom is -0.450 e. The Morgan fingerprint density at radius 2 is 1.91 bits per heavy atom. The number of benzene rings is 2. The average molecular weight is 507 g/mol. The highest BCUT2D eigenvalue weighted by molar-refractivity contribution is 9.10. The van der Waals surface area contributed by atoms with E-state index < -0.39 is 0 Å². The summed E-state index contributed by atoms with van der Waals surface area (Å²) in [5, 5.41) is 0. The summed E-state index contributed by atoms with van der Waals surface area (Å²) in [6, 6.07) is 18.0. The van der Waals surface area contributed by atoms with Gasteiger partial charge in [-0.1, -0.05) is 47.7 Å². The monoisotopic (exact) mass is 506 g/mol. The Kier molecular flexibility index (Phi) is 4.62. The molecule has 0 radical (unpaired) electrons. The Labute approximate surface area is 194 Å².